The number of carboxylic acids is 1. The van der Waals surface area contributed by atoms with E-state index in [0.717, 1.165) is 32.1 Å². The Bertz CT molecular complexity index is 548. The van der Waals surface area contributed by atoms with Gasteiger partial charge in [0.25, 0.3) is 0 Å². The van der Waals surface area contributed by atoms with E-state index in [2.05, 4.69) is 0 Å². The van der Waals surface area contributed by atoms with E-state index in [9.17, 15) is 14.7 Å². The summed E-state index contributed by atoms with van der Waals surface area (Å²) in [7, 11) is 0. The number of carboxylic acid groups (broad SMARTS) is 1. The zero-order valence-electron chi connectivity index (χ0n) is 14.4. The van der Waals surface area contributed by atoms with E-state index >= 15 is 0 Å². The maximum Gasteiger partial charge on any atom is 0.509 e. The molecule has 1 aromatic carbocycles. The summed E-state index contributed by atoms with van der Waals surface area (Å²) in [6, 6.07) is 8.75. The minimum Gasteiger partial charge on any atom is -0.478 e. The number of ether oxygens (including phenoxy) is 2. The second kappa shape index (κ2) is 8.18. The lowest BCUT2D eigenvalue weighted by molar-refractivity contribution is -0.173. The van der Waals surface area contributed by atoms with Crippen LogP contribution in [0, 0.1) is 11.8 Å². The smallest absolute Gasteiger partial charge is 0.478 e. The number of hydrogen-bond acceptors (Lipinski definition) is 4. The highest BCUT2D eigenvalue weighted by Gasteiger charge is 2.51. The van der Waals surface area contributed by atoms with E-state index in [0.29, 0.717) is 5.56 Å². The number of carbonyl (C=O) groups excluding carboxylic acids is 1. The molecule has 0 saturated heterocycles. The van der Waals surface area contributed by atoms with E-state index in [1.54, 1.807) is 24.3 Å². The Morgan fingerprint density at radius 2 is 1.79 bits per heavy atom. The SMILES string of the molecule is CC(C)COC(=O)OC(C(=O)O)(c1ccccc1)C1CCCCC1. The fourth-order valence-corrected chi connectivity index (χ4v) is 3.31. The van der Waals surface area contributed by atoms with Crippen molar-refractivity contribution in [3.05, 3.63) is 35.9 Å². The van der Waals surface area contributed by atoms with Crippen LogP contribution in [-0.4, -0.2) is 23.8 Å². The van der Waals surface area contributed by atoms with Crippen LogP contribution in [0.3, 0.4) is 0 Å². The molecule has 5 heteroatoms. The minimum absolute atomic E-state index is 0.156. The standard InChI is InChI=1S/C19H26O5/c1-14(2)13-23-18(22)24-19(17(20)21,15-9-5-3-6-10-15)16-11-7-4-8-12-16/h3,5-6,9-10,14,16H,4,7-8,11-13H2,1-2H3,(H,20,21). The Morgan fingerprint density at radius 3 is 2.33 bits per heavy atom. The molecule has 0 amide bonds. The lowest BCUT2D eigenvalue weighted by Gasteiger charge is -2.38. The fourth-order valence-electron chi connectivity index (χ4n) is 3.31. The zero-order chi connectivity index (χ0) is 17.6. The van der Waals surface area contributed by atoms with E-state index in [-0.39, 0.29) is 18.4 Å². The van der Waals surface area contributed by atoms with Crippen molar-refractivity contribution in [3.63, 3.8) is 0 Å². The van der Waals surface area contributed by atoms with Crippen LogP contribution < -0.4 is 0 Å². The highest BCUT2D eigenvalue weighted by molar-refractivity contribution is 5.82. The van der Waals surface area contributed by atoms with Crippen molar-refractivity contribution < 1.29 is 24.2 Å². The number of carbonyl (C=O) groups is 2. The molecule has 24 heavy (non-hydrogen) atoms. The first kappa shape index (κ1) is 18.3. The molecule has 0 heterocycles. The molecule has 2 rings (SSSR count). The summed E-state index contributed by atoms with van der Waals surface area (Å²) in [5.74, 6) is -1.23. The molecule has 0 aromatic heterocycles. The van der Waals surface area contributed by atoms with Crippen molar-refractivity contribution in [2.24, 2.45) is 11.8 Å². The van der Waals surface area contributed by atoms with Crippen LogP contribution in [0.5, 0.6) is 0 Å². The molecule has 132 valence electrons. The minimum atomic E-state index is -1.68. The predicted octanol–water partition coefficient (Wildman–Crippen LogP) is 4.36. The number of aliphatic carboxylic acids is 1. The molecule has 0 radical (unpaired) electrons. The summed E-state index contributed by atoms with van der Waals surface area (Å²) < 4.78 is 10.6. The van der Waals surface area contributed by atoms with Gasteiger partial charge < -0.3 is 14.6 Å². The van der Waals surface area contributed by atoms with Crippen LogP contribution in [0.4, 0.5) is 4.79 Å². The molecule has 5 nitrogen and oxygen atoms in total. The van der Waals surface area contributed by atoms with Crippen LogP contribution >= 0.6 is 0 Å². The van der Waals surface area contributed by atoms with Crippen LogP contribution in [0.2, 0.25) is 0 Å². The lowest BCUT2D eigenvalue weighted by atomic mass is 9.73. The van der Waals surface area contributed by atoms with Crippen molar-refractivity contribution in [1.29, 1.82) is 0 Å². The molecule has 1 N–H and O–H groups in total. The Balaban J connectivity index is 2.34. The molecule has 0 spiro atoms. The van der Waals surface area contributed by atoms with Gasteiger partial charge in [-0.3, -0.25) is 0 Å². The second-order valence-corrected chi connectivity index (χ2v) is 6.80. The third kappa shape index (κ3) is 4.08. The Hall–Kier alpha value is -2.04. The average Bonchev–Trinajstić information content (AvgIpc) is 2.59. The molecule has 1 unspecified atom stereocenters. The molecule has 1 atom stereocenters. The number of benzene rings is 1. The number of hydrogen-bond donors (Lipinski definition) is 1. The predicted molar refractivity (Wildman–Crippen MR) is 89.6 cm³/mol. The van der Waals surface area contributed by atoms with Gasteiger partial charge in [-0.05, 0) is 18.8 Å². The third-order valence-corrected chi connectivity index (χ3v) is 4.48. The molecular formula is C19H26O5. The fraction of sp³-hybridized carbons (Fsp3) is 0.579. The quantitative estimate of drug-likeness (QED) is 0.783. The van der Waals surface area contributed by atoms with Crippen molar-refractivity contribution >= 4 is 12.1 Å². The van der Waals surface area contributed by atoms with Crippen LogP contribution in [-0.2, 0) is 19.9 Å². The van der Waals surface area contributed by atoms with E-state index in [1.807, 2.05) is 19.9 Å². The monoisotopic (exact) mass is 334 g/mol. The summed E-state index contributed by atoms with van der Waals surface area (Å²) in [4.78, 5) is 24.4. The molecule has 1 aromatic rings. The topological polar surface area (TPSA) is 72.8 Å². The maximum atomic E-state index is 12.3. The van der Waals surface area contributed by atoms with Gasteiger partial charge in [-0.25, -0.2) is 9.59 Å². The van der Waals surface area contributed by atoms with Crippen molar-refractivity contribution in [3.8, 4) is 0 Å². The molecule has 0 bridgehead atoms. The Kier molecular flexibility index (Phi) is 6.23. The highest BCUT2D eigenvalue weighted by atomic mass is 16.7. The normalized spacial score (nSPS) is 18.0. The van der Waals surface area contributed by atoms with Gasteiger partial charge in [0.2, 0.25) is 5.60 Å². The zero-order valence-corrected chi connectivity index (χ0v) is 14.4. The van der Waals surface area contributed by atoms with Gasteiger partial charge >= 0.3 is 12.1 Å². The molecule has 1 aliphatic carbocycles. The van der Waals surface area contributed by atoms with Gasteiger partial charge in [0.15, 0.2) is 0 Å². The van der Waals surface area contributed by atoms with Crippen molar-refractivity contribution in [2.45, 2.75) is 51.6 Å². The largest absolute Gasteiger partial charge is 0.509 e. The van der Waals surface area contributed by atoms with Crippen LogP contribution in [0.25, 0.3) is 0 Å². The van der Waals surface area contributed by atoms with Crippen LogP contribution in [0.1, 0.15) is 51.5 Å². The number of rotatable bonds is 6. The Labute approximate surface area is 143 Å². The second-order valence-electron chi connectivity index (χ2n) is 6.80. The van der Waals surface area contributed by atoms with E-state index in [4.69, 9.17) is 9.47 Å². The third-order valence-electron chi connectivity index (χ3n) is 4.48. The summed E-state index contributed by atoms with van der Waals surface area (Å²) in [6.07, 6.45) is 3.49. The van der Waals surface area contributed by atoms with Gasteiger partial charge in [0.1, 0.15) is 0 Å². The molecule has 1 aliphatic rings. The Morgan fingerprint density at radius 1 is 1.17 bits per heavy atom. The van der Waals surface area contributed by atoms with Gasteiger partial charge in [0.05, 0.1) is 6.61 Å². The summed E-state index contributed by atoms with van der Waals surface area (Å²) >= 11 is 0. The molecule has 1 fully saturated rings. The van der Waals surface area contributed by atoms with Crippen LogP contribution in [0.15, 0.2) is 30.3 Å². The van der Waals surface area contributed by atoms with E-state index in [1.165, 1.54) is 0 Å². The first-order valence-corrected chi connectivity index (χ1v) is 8.61. The van der Waals surface area contributed by atoms with Gasteiger partial charge in [0, 0.05) is 11.5 Å². The molecular weight excluding hydrogens is 308 g/mol. The van der Waals surface area contributed by atoms with Crippen molar-refractivity contribution in [1.82, 2.24) is 0 Å². The average molecular weight is 334 g/mol. The van der Waals surface area contributed by atoms with Crippen molar-refractivity contribution in [2.75, 3.05) is 6.61 Å². The summed E-state index contributed by atoms with van der Waals surface area (Å²) in [6.45, 7) is 4.03. The first-order chi connectivity index (χ1) is 11.5. The highest BCUT2D eigenvalue weighted by Crippen LogP contribution is 2.43. The maximum absolute atomic E-state index is 12.3. The van der Waals surface area contributed by atoms with Gasteiger partial charge in [-0.1, -0.05) is 63.4 Å². The first-order valence-electron chi connectivity index (χ1n) is 8.61. The summed E-state index contributed by atoms with van der Waals surface area (Å²) in [5.41, 5.74) is -1.19. The van der Waals surface area contributed by atoms with Gasteiger partial charge in [-0.2, -0.15) is 0 Å². The lowest BCUT2D eigenvalue weighted by Crippen LogP contribution is -2.48. The van der Waals surface area contributed by atoms with E-state index < -0.39 is 17.7 Å². The summed E-state index contributed by atoms with van der Waals surface area (Å²) in [5, 5.41) is 10.0. The molecule has 0 aliphatic heterocycles. The van der Waals surface area contributed by atoms with Gasteiger partial charge in [-0.15, -0.1) is 0 Å². The molecule has 1 saturated carbocycles.